The second-order valence-electron chi connectivity index (χ2n) is 9.26. The number of hydrogen-bond donors (Lipinski definition) is 0. The third-order valence-electron chi connectivity index (χ3n) is 7.26. The standard InChI is InChI=1S/C27H36N4OS/c1-5-31-21(3)25(20(2)28-31)18-30-14-11-23(12-15-30)26(17-22-9-7-6-8-10-22)29(4)27(32)24-13-16-33-19-24/h6-10,13,16,19,23,26H,5,11-12,14-15,17-18H2,1-4H3/t26-/m0/s1. The highest BCUT2D eigenvalue weighted by atomic mass is 32.1. The van der Waals surface area contributed by atoms with Gasteiger partial charge in [-0.3, -0.25) is 14.4 Å². The molecule has 0 unspecified atom stereocenters. The van der Waals surface area contributed by atoms with Crippen LogP contribution < -0.4 is 0 Å². The van der Waals surface area contributed by atoms with E-state index >= 15 is 0 Å². The predicted octanol–water partition coefficient (Wildman–Crippen LogP) is 5.18. The van der Waals surface area contributed by atoms with Gasteiger partial charge in [-0.15, -0.1) is 0 Å². The lowest BCUT2D eigenvalue weighted by molar-refractivity contribution is 0.0585. The van der Waals surface area contributed by atoms with Crippen LogP contribution in [0.4, 0.5) is 0 Å². The second kappa shape index (κ2) is 10.7. The van der Waals surface area contributed by atoms with E-state index in [0.29, 0.717) is 5.92 Å². The van der Waals surface area contributed by atoms with E-state index in [1.165, 1.54) is 16.8 Å². The van der Waals surface area contributed by atoms with Crippen LogP contribution in [0.2, 0.25) is 0 Å². The number of hydrogen-bond acceptors (Lipinski definition) is 4. The van der Waals surface area contributed by atoms with Gasteiger partial charge in [0, 0.05) is 42.8 Å². The number of piperidine rings is 1. The van der Waals surface area contributed by atoms with E-state index < -0.39 is 0 Å². The Morgan fingerprint density at radius 2 is 1.91 bits per heavy atom. The lowest BCUT2D eigenvalue weighted by Gasteiger charge is -2.40. The summed E-state index contributed by atoms with van der Waals surface area (Å²) >= 11 is 1.58. The zero-order chi connectivity index (χ0) is 23.4. The van der Waals surface area contributed by atoms with Crippen LogP contribution in [0, 0.1) is 19.8 Å². The molecule has 0 N–H and O–H groups in total. The minimum absolute atomic E-state index is 0.137. The van der Waals surface area contributed by atoms with Crippen molar-refractivity contribution in [1.29, 1.82) is 0 Å². The van der Waals surface area contributed by atoms with E-state index in [-0.39, 0.29) is 11.9 Å². The Morgan fingerprint density at radius 3 is 2.52 bits per heavy atom. The molecule has 1 fully saturated rings. The molecule has 4 rings (SSSR count). The first-order chi connectivity index (χ1) is 16.0. The Balaban J connectivity index is 1.46. The van der Waals surface area contributed by atoms with Crippen molar-refractivity contribution in [1.82, 2.24) is 19.6 Å². The van der Waals surface area contributed by atoms with Crippen LogP contribution in [0.5, 0.6) is 0 Å². The third kappa shape index (κ3) is 5.39. The number of amides is 1. The number of nitrogens with zero attached hydrogens (tertiary/aromatic N) is 4. The summed E-state index contributed by atoms with van der Waals surface area (Å²) in [5.74, 6) is 0.632. The molecule has 6 heteroatoms. The average Bonchev–Trinajstić information content (AvgIpc) is 3.47. The van der Waals surface area contributed by atoms with Gasteiger partial charge in [0.2, 0.25) is 0 Å². The SMILES string of the molecule is CCn1nc(C)c(CN2CCC([C@H](Cc3ccccc3)N(C)C(=O)c3ccsc3)CC2)c1C. The number of carbonyl (C=O) groups is 1. The Labute approximate surface area is 202 Å². The Morgan fingerprint density at radius 1 is 1.18 bits per heavy atom. The summed E-state index contributed by atoms with van der Waals surface area (Å²) in [7, 11) is 1.99. The molecule has 1 aromatic carbocycles. The van der Waals surface area contributed by atoms with Crippen molar-refractivity contribution in [3.05, 3.63) is 75.2 Å². The van der Waals surface area contributed by atoms with Gasteiger partial charge in [-0.05, 0) is 76.1 Å². The van der Waals surface area contributed by atoms with Crippen LogP contribution in [0.3, 0.4) is 0 Å². The number of aromatic nitrogens is 2. The highest BCUT2D eigenvalue weighted by molar-refractivity contribution is 7.08. The average molecular weight is 465 g/mol. The first kappa shape index (κ1) is 23.7. The molecular formula is C27H36N4OS. The zero-order valence-corrected chi connectivity index (χ0v) is 21.1. The summed E-state index contributed by atoms with van der Waals surface area (Å²) in [6.07, 6.45) is 3.12. The van der Waals surface area contributed by atoms with E-state index in [1.807, 2.05) is 28.8 Å². The van der Waals surface area contributed by atoms with E-state index in [4.69, 9.17) is 5.10 Å². The molecule has 0 radical (unpaired) electrons. The Bertz CT molecular complexity index is 1040. The van der Waals surface area contributed by atoms with Gasteiger partial charge in [-0.1, -0.05) is 30.3 Å². The van der Waals surface area contributed by atoms with E-state index in [2.05, 4.69) is 60.7 Å². The molecule has 2 aromatic heterocycles. The number of benzene rings is 1. The van der Waals surface area contributed by atoms with Crippen molar-refractivity contribution in [3.63, 3.8) is 0 Å². The van der Waals surface area contributed by atoms with Crippen LogP contribution in [-0.4, -0.2) is 51.7 Å². The van der Waals surface area contributed by atoms with E-state index in [9.17, 15) is 4.79 Å². The minimum atomic E-state index is 0.137. The van der Waals surface area contributed by atoms with Gasteiger partial charge in [0.15, 0.2) is 0 Å². The molecule has 3 aromatic rings. The van der Waals surface area contributed by atoms with E-state index in [0.717, 1.165) is 56.7 Å². The summed E-state index contributed by atoms with van der Waals surface area (Å²) in [6.45, 7) is 10.5. The molecule has 0 aliphatic carbocycles. The molecule has 1 aliphatic heterocycles. The van der Waals surface area contributed by atoms with Crippen LogP contribution in [0.15, 0.2) is 47.2 Å². The predicted molar refractivity (Wildman–Crippen MR) is 136 cm³/mol. The number of likely N-dealkylation sites (N-methyl/N-ethyl adjacent to an activating group) is 1. The quantitative estimate of drug-likeness (QED) is 0.461. The molecule has 0 saturated carbocycles. The van der Waals surface area contributed by atoms with Gasteiger partial charge in [0.05, 0.1) is 11.3 Å². The van der Waals surface area contributed by atoms with E-state index in [1.54, 1.807) is 11.3 Å². The summed E-state index contributed by atoms with van der Waals surface area (Å²) in [4.78, 5) is 17.8. The largest absolute Gasteiger partial charge is 0.338 e. The van der Waals surface area contributed by atoms with Crippen LogP contribution in [0.1, 0.15) is 52.6 Å². The highest BCUT2D eigenvalue weighted by Crippen LogP contribution is 2.29. The fourth-order valence-electron chi connectivity index (χ4n) is 5.21. The number of thiophene rings is 1. The van der Waals surface area contributed by atoms with Crippen molar-refractivity contribution in [3.8, 4) is 0 Å². The summed E-state index contributed by atoms with van der Waals surface area (Å²) < 4.78 is 2.11. The van der Waals surface area contributed by atoms with Crippen molar-refractivity contribution < 1.29 is 4.79 Å². The Kier molecular flexibility index (Phi) is 7.66. The topological polar surface area (TPSA) is 41.4 Å². The van der Waals surface area contributed by atoms with Crippen molar-refractivity contribution in [2.75, 3.05) is 20.1 Å². The van der Waals surface area contributed by atoms with Gasteiger partial charge in [-0.25, -0.2) is 0 Å². The molecule has 176 valence electrons. The monoisotopic (exact) mass is 464 g/mol. The second-order valence-corrected chi connectivity index (χ2v) is 10.0. The van der Waals surface area contributed by atoms with Crippen LogP contribution in [-0.2, 0) is 19.5 Å². The maximum atomic E-state index is 13.2. The number of rotatable bonds is 8. The maximum absolute atomic E-state index is 13.2. The van der Waals surface area contributed by atoms with Gasteiger partial charge >= 0.3 is 0 Å². The van der Waals surface area contributed by atoms with Gasteiger partial charge < -0.3 is 4.90 Å². The molecule has 1 saturated heterocycles. The van der Waals surface area contributed by atoms with Crippen LogP contribution in [0.25, 0.3) is 0 Å². The van der Waals surface area contributed by atoms with Crippen molar-refractivity contribution in [2.45, 2.75) is 59.2 Å². The summed E-state index contributed by atoms with van der Waals surface area (Å²) in [6, 6.07) is 12.8. The lowest BCUT2D eigenvalue weighted by atomic mass is 9.84. The first-order valence-electron chi connectivity index (χ1n) is 12.1. The maximum Gasteiger partial charge on any atom is 0.254 e. The number of carbonyl (C=O) groups excluding carboxylic acids is 1. The summed E-state index contributed by atoms with van der Waals surface area (Å²) in [5.41, 5.74) is 5.92. The van der Waals surface area contributed by atoms with Crippen LogP contribution >= 0.6 is 11.3 Å². The molecule has 0 bridgehead atoms. The number of likely N-dealkylation sites (tertiary alicyclic amines) is 1. The molecule has 1 aliphatic rings. The molecule has 33 heavy (non-hydrogen) atoms. The third-order valence-corrected chi connectivity index (χ3v) is 7.95. The molecule has 3 heterocycles. The molecular weight excluding hydrogens is 428 g/mol. The number of aryl methyl sites for hydroxylation is 2. The van der Waals surface area contributed by atoms with Crippen molar-refractivity contribution in [2.24, 2.45) is 5.92 Å². The zero-order valence-electron chi connectivity index (χ0n) is 20.3. The molecule has 5 nitrogen and oxygen atoms in total. The van der Waals surface area contributed by atoms with Crippen molar-refractivity contribution >= 4 is 17.2 Å². The normalized spacial score (nSPS) is 16.1. The molecule has 1 atom stereocenters. The Hall–Kier alpha value is -2.44. The summed E-state index contributed by atoms with van der Waals surface area (Å²) in [5, 5.41) is 8.64. The fraction of sp³-hybridized carbons (Fsp3) is 0.481. The first-order valence-corrected chi connectivity index (χ1v) is 13.0. The van der Waals surface area contributed by atoms with Gasteiger partial charge in [0.1, 0.15) is 0 Å². The molecule has 0 spiro atoms. The smallest absolute Gasteiger partial charge is 0.254 e. The lowest BCUT2D eigenvalue weighted by Crippen LogP contribution is -2.47. The highest BCUT2D eigenvalue weighted by Gasteiger charge is 2.32. The minimum Gasteiger partial charge on any atom is -0.338 e. The van der Waals surface area contributed by atoms with Gasteiger partial charge in [-0.2, -0.15) is 16.4 Å². The molecule has 1 amide bonds. The van der Waals surface area contributed by atoms with Gasteiger partial charge in [0.25, 0.3) is 5.91 Å². The fourth-order valence-corrected chi connectivity index (χ4v) is 5.84.